The van der Waals surface area contributed by atoms with Crippen molar-refractivity contribution in [3.05, 3.63) is 38.9 Å². The van der Waals surface area contributed by atoms with Gasteiger partial charge in [0.2, 0.25) is 0 Å². The van der Waals surface area contributed by atoms with E-state index in [1.54, 1.807) is 0 Å². The van der Waals surface area contributed by atoms with Gasteiger partial charge < -0.3 is 5.73 Å². The summed E-state index contributed by atoms with van der Waals surface area (Å²) in [5.41, 5.74) is 3.68. The Morgan fingerprint density at radius 1 is 1.50 bits per heavy atom. The molecule has 0 aliphatic heterocycles. The van der Waals surface area contributed by atoms with Crippen LogP contribution in [0.4, 0.5) is 14.5 Å². The molecule has 1 aromatic rings. The molecule has 1 aromatic carbocycles. The molecule has 0 unspecified atom stereocenters. The quantitative estimate of drug-likeness (QED) is 0.660. The molecule has 0 aromatic heterocycles. The van der Waals surface area contributed by atoms with E-state index in [0.717, 1.165) is 12.1 Å². The SMILES string of the molecule is NCCC(F)(F)c1ccc(Cl)cc1[N+](=O)[O-]. The van der Waals surface area contributed by atoms with Gasteiger partial charge in [-0.2, -0.15) is 0 Å². The normalized spacial score (nSPS) is 11.5. The summed E-state index contributed by atoms with van der Waals surface area (Å²) in [7, 11) is 0. The van der Waals surface area contributed by atoms with Gasteiger partial charge in [0.25, 0.3) is 11.6 Å². The van der Waals surface area contributed by atoms with Crippen molar-refractivity contribution >= 4 is 17.3 Å². The number of nitrogens with zero attached hydrogens (tertiary/aromatic N) is 1. The van der Waals surface area contributed by atoms with Gasteiger partial charge in [-0.1, -0.05) is 11.6 Å². The van der Waals surface area contributed by atoms with Crippen molar-refractivity contribution in [1.29, 1.82) is 0 Å². The molecule has 16 heavy (non-hydrogen) atoms. The van der Waals surface area contributed by atoms with Crippen LogP contribution in [0.25, 0.3) is 0 Å². The largest absolute Gasteiger partial charge is 0.330 e. The zero-order chi connectivity index (χ0) is 12.3. The van der Waals surface area contributed by atoms with Gasteiger partial charge >= 0.3 is 0 Å². The topological polar surface area (TPSA) is 69.2 Å². The summed E-state index contributed by atoms with van der Waals surface area (Å²) in [6.07, 6.45) is -0.643. The summed E-state index contributed by atoms with van der Waals surface area (Å²) in [5, 5.41) is 10.6. The van der Waals surface area contributed by atoms with Crippen LogP contribution < -0.4 is 5.73 Å². The average Bonchev–Trinajstić information content (AvgIpc) is 2.16. The zero-order valence-corrected chi connectivity index (χ0v) is 8.88. The number of nitrogens with two attached hydrogens (primary N) is 1. The van der Waals surface area contributed by atoms with Crippen molar-refractivity contribution in [2.75, 3.05) is 6.54 Å². The Hall–Kier alpha value is -1.27. The minimum Gasteiger partial charge on any atom is -0.330 e. The Balaban J connectivity index is 3.27. The lowest BCUT2D eigenvalue weighted by Gasteiger charge is -2.15. The average molecular weight is 251 g/mol. The van der Waals surface area contributed by atoms with Crippen molar-refractivity contribution in [2.45, 2.75) is 12.3 Å². The number of hydrogen-bond acceptors (Lipinski definition) is 3. The Bertz CT molecular complexity index is 412. The van der Waals surface area contributed by atoms with Crippen molar-refractivity contribution in [3.63, 3.8) is 0 Å². The molecule has 0 aliphatic rings. The zero-order valence-electron chi connectivity index (χ0n) is 8.12. The van der Waals surface area contributed by atoms with Gasteiger partial charge in [0.15, 0.2) is 0 Å². The lowest BCUT2D eigenvalue weighted by molar-refractivity contribution is -0.387. The number of rotatable bonds is 4. The Morgan fingerprint density at radius 2 is 2.12 bits per heavy atom. The van der Waals surface area contributed by atoms with Gasteiger partial charge in [0, 0.05) is 17.5 Å². The molecule has 88 valence electrons. The van der Waals surface area contributed by atoms with E-state index in [9.17, 15) is 18.9 Å². The smallest absolute Gasteiger partial charge is 0.281 e. The number of hydrogen-bond donors (Lipinski definition) is 1. The van der Waals surface area contributed by atoms with Gasteiger partial charge in [0.05, 0.1) is 10.5 Å². The van der Waals surface area contributed by atoms with E-state index in [-0.39, 0.29) is 11.6 Å². The molecular weight excluding hydrogens is 242 g/mol. The second-order valence-electron chi connectivity index (χ2n) is 3.16. The number of halogens is 3. The molecule has 0 aliphatic carbocycles. The van der Waals surface area contributed by atoms with Gasteiger partial charge in [0.1, 0.15) is 0 Å². The Kier molecular flexibility index (Phi) is 3.77. The van der Waals surface area contributed by atoms with Gasteiger partial charge in [-0.25, -0.2) is 8.78 Å². The minimum absolute atomic E-state index is 0.0407. The summed E-state index contributed by atoms with van der Waals surface area (Å²) in [5.74, 6) is -3.32. The highest BCUT2D eigenvalue weighted by Crippen LogP contribution is 2.38. The minimum atomic E-state index is -3.32. The first-order valence-electron chi connectivity index (χ1n) is 4.41. The summed E-state index contributed by atoms with van der Waals surface area (Å²) in [4.78, 5) is 9.72. The van der Waals surface area contributed by atoms with Crippen LogP contribution >= 0.6 is 11.6 Å². The number of nitro benzene ring substituents is 1. The summed E-state index contributed by atoms with van der Waals surface area (Å²) in [6, 6.07) is 3.05. The highest BCUT2D eigenvalue weighted by Gasteiger charge is 2.37. The molecule has 4 nitrogen and oxygen atoms in total. The van der Waals surface area contributed by atoms with E-state index in [2.05, 4.69) is 0 Å². The van der Waals surface area contributed by atoms with Crippen LogP contribution in [-0.2, 0) is 5.92 Å². The second kappa shape index (κ2) is 4.71. The maximum atomic E-state index is 13.5. The van der Waals surface area contributed by atoms with Crippen molar-refractivity contribution in [1.82, 2.24) is 0 Å². The number of alkyl halides is 2. The van der Waals surface area contributed by atoms with Gasteiger partial charge in [-0.05, 0) is 18.7 Å². The molecule has 0 spiro atoms. The standard InChI is InChI=1S/C9H9ClF2N2O2/c10-6-1-2-7(8(5-6)14(15)16)9(11,12)3-4-13/h1-2,5H,3-4,13H2. The molecule has 0 bridgehead atoms. The predicted octanol–water partition coefficient (Wildman–Crippen LogP) is 2.69. The Labute approximate surface area is 95.2 Å². The fourth-order valence-electron chi connectivity index (χ4n) is 1.28. The van der Waals surface area contributed by atoms with Gasteiger partial charge in [-0.15, -0.1) is 0 Å². The molecule has 0 atom stereocenters. The van der Waals surface area contributed by atoms with E-state index in [0.29, 0.717) is 0 Å². The van der Waals surface area contributed by atoms with Crippen LogP contribution in [-0.4, -0.2) is 11.5 Å². The molecule has 0 fully saturated rings. The third-order valence-corrected chi connectivity index (χ3v) is 2.24. The monoisotopic (exact) mass is 250 g/mol. The molecule has 0 radical (unpaired) electrons. The lowest BCUT2D eigenvalue weighted by atomic mass is 10.0. The summed E-state index contributed by atoms with van der Waals surface area (Å²) in [6.45, 7) is -0.257. The fraction of sp³-hybridized carbons (Fsp3) is 0.333. The van der Waals surface area contributed by atoms with Crippen molar-refractivity contribution < 1.29 is 13.7 Å². The number of nitro groups is 1. The highest BCUT2D eigenvalue weighted by molar-refractivity contribution is 6.30. The summed E-state index contributed by atoms with van der Waals surface area (Å²) >= 11 is 5.51. The molecule has 0 amide bonds. The highest BCUT2D eigenvalue weighted by atomic mass is 35.5. The first kappa shape index (κ1) is 12.8. The van der Waals surface area contributed by atoms with Crippen LogP contribution in [0.2, 0.25) is 5.02 Å². The maximum Gasteiger partial charge on any atom is 0.281 e. The van der Waals surface area contributed by atoms with E-state index < -0.39 is 28.5 Å². The first-order chi connectivity index (χ1) is 7.38. The molecule has 7 heteroatoms. The molecular formula is C9H9ClF2N2O2. The summed E-state index contributed by atoms with van der Waals surface area (Å²) < 4.78 is 27.0. The Morgan fingerprint density at radius 3 is 2.62 bits per heavy atom. The molecule has 2 N–H and O–H groups in total. The molecule has 0 saturated heterocycles. The van der Waals surface area contributed by atoms with Gasteiger partial charge in [-0.3, -0.25) is 10.1 Å². The van der Waals surface area contributed by atoms with Crippen molar-refractivity contribution in [3.8, 4) is 0 Å². The molecule has 0 saturated carbocycles. The predicted molar refractivity (Wildman–Crippen MR) is 55.7 cm³/mol. The number of benzene rings is 1. The van der Waals surface area contributed by atoms with Crippen LogP contribution in [0.3, 0.4) is 0 Å². The van der Waals surface area contributed by atoms with E-state index >= 15 is 0 Å². The lowest BCUT2D eigenvalue weighted by Crippen LogP contribution is -2.20. The van der Waals surface area contributed by atoms with E-state index in [1.165, 1.54) is 6.07 Å². The van der Waals surface area contributed by atoms with E-state index in [1.807, 2.05) is 0 Å². The maximum absolute atomic E-state index is 13.5. The third-order valence-electron chi connectivity index (χ3n) is 2.01. The van der Waals surface area contributed by atoms with Crippen LogP contribution in [0.5, 0.6) is 0 Å². The van der Waals surface area contributed by atoms with Crippen LogP contribution in [0.1, 0.15) is 12.0 Å². The van der Waals surface area contributed by atoms with Crippen molar-refractivity contribution in [2.24, 2.45) is 5.73 Å². The third kappa shape index (κ3) is 2.65. The second-order valence-corrected chi connectivity index (χ2v) is 3.60. The first-order valence-corrected chi connectivity index (χ1v) is 4.78. The molecule has 0 heterocycles. The van der Waals surface area contributed by atoms with Crippen LogP contribution in [0, 0.1) is 10.1 Å². The van der Waals surface area contributed by atoms with Crippen LogP contribution in [0.15, 0.2) is 18.2 Å². The molecule has 1 rings (SSSR count). The fourth-order valence-corrected chi connectivity index (χ4v) is 1.45. The van der Waals surface area contributed by atoms with E-state index in [4.69, 9.17) is 17.3 Å².